The number of carbonyl (C=O) groups is 1. The highest BCUT2D eigenvalue weighted by molar-refractivity contribution is 5.94. The number of aromatic amines is 2. The van der Waals surface area contributed by atoms with Crippen molar-refractivity contribution in [3.63, 3.8) is 0 Å². The number of rotatable bonds is 4. The molecule has 1 aliphatic rings. The van der Waals surface area contributed by atoms with Crippen LogP contribution in [-0.4, -0.2) is 46.0 Å². The van der Waals surface area contributed by atoms with E-state index in [-0.39, 0.29) is 22.9 Å². The van der Waals surface area contributed by atoms with E-state index in [1.54, 1.807) is 48.4 Å². The van der Waals surface area contributed by atoms with Crippen LogP contribution < -0.4 is 15.9 Å². The number of pyridine rings is 1. The van der Waals surface area contributed by atoms with Crippen molar-refractivity contribution in [3.8, 4) is 17.0 Å². The fourth-order valence-electron chi connectivity index (χ4n) is 3.54. The van der Waals surface area contributed by atoms with E-state index in [0.29, 0.717) is 47.9 Å². The van der Waals surface area contributed by atoms with E-state index in [1.807, 2.05) is 0 Å². The summed E-state index contributed by atoms with van der Waals surface area (Å²) in [6, 6.07) is 11.6. The summed E-state index contributed by atoms with van der Waals surface area (Å²) in [5, 5.41) is 0. The van der Waals surface area contributed by atoms with Gasteiger partial charge in [-0.15, -0.1) is 0 Å². The van der Waals surface area contributed by atoms with Gasteiger partial charge in [-0.1, -0.05) is 6.07 Å². The predicted octanol–water partition coefficient (Wildman–Crippen LogP) is 1.76. The van der Waals surface area contributed by atoms with Crippen LogP contribution >= 0.6 is 0 Å². The number of hydrogen-bond acceptors (Lipinski definition) is 5. The van der Waals surface area contributed by atoms with Gasteiger partial charge in [0.15, 0.2) is 0 Å². The van der Waals surface area contributed by atoms with Gasteiger partial charge >= 0.3 is 0 Å². The van der Waals surface area contributed by atoms with E-state index in [0.717, 1.165) is 0 Å². The minimum absolute atomic E-state index is 0.0931. The molecule has 4 rings (SSSR count). The number of methoxy groups -OCH3 is 1. The van der Waals surface area contributed by atoms with Crippen LogP contribution in [0, 0.1) is 0 Å². The number of likely N-dealkylation sites (tertiary alicyclic amines) is 1. The molecule has 0 unspecified atom stereocenters. The highest BCUT2D eigenvalue weighted by Crippen LogP contribution is 2.27. The van der Waals surface area contributed by atoms with Gasteiger partial charge in [-0.2, -0.15) is 0 Å². The molecule has 0 aliphatic carbocycles. The number of H-pyrrole nitrogens is 2. The standard InChI is InChI=1S/C21H20N4O4/c1-29-15-5-2-4-13(10-15)21(28)25-9-7-14(12-25)19-23-17(11-18(26)24-19)16-6-3-8-22-20(16)27/h2-6,8,10-11,14H,7,9,12H2,1H3,(H,22,27)(H,23,24,26)/t14-/m1/s1. The number of aromatic nitrogens is 3. The average molecular weight is 392 g/mol. The Kier molecular flexibility index (Phi) is 4.99. The van der Waals surface area contributed by atoms with Gasteiger partial charge in [0.2, 0.25) is 0 Å². The first kappa shape index (κ1) is 18.7. The van der Waals surface area contributed by atoms with Crippen molar-refractivity contribution in [3.05, 3.63) is 80.8 Å². The molecular weight excluding hydrogens is 372 g/mol. The molecule has 0 radical (unpaired) electrons. The fourth-order valence-corrected chi connectivity index (χ4v) is 3.54. The number of ether oxygens (including phenoxy) is 1. The van der Waals surface area contributed by atoms with Gasteiger partial charge in [0.25, 0.3) is 17.0 Å². The number of benzene rings is 1. The van der Waals surface area contributed by atoms with Crippen LogP contribution in [0.1, 0.15) is 28.5 Å². The highest BCUT2D eigenvalue weighted by Gasteiger charge is 2.30. The summed E-state index contributed by atoms with van der Waals surface area (Å²) in [6.45, 7) is 0.994. The molecule has 1 aromatic carbocycles. The normalized spacial score (nSPS) is 16.0. The van der Waals surface area contributed by atoms with Crippen LogP contribution in [0.3, 0.4) is 0 Å². The van der Waals surface area contributed by atoms with E-state index in [9.17, 15) is 14.4 Å². The lowest BCUT2D eigenvalue weighted by molar-refractivity contribution is 0.0790. The smallest absolute Gasteiger partial charge is 0.257 e. The molecule has 1 aliphatic heterocycles. The van der Waals surface area contributed by atoms with Gasteiger partial charge in [0, 0.05) is 36.8 Å². The number of carbonyl (C=O) groups excluding carboxylic acids is 1. The molecule has 2 aromatic heterocycles. The van der Waals surface area contributed by atoms with Crippen molar-refractivity contribution in [2.75, 3.05) is 20.2 Å². The SMILES string of the molecule is COc1cccc(C(=O)N2CC[C@@H](c3nc(-c4ccc[nH]c4=O)cc(=O)[nH]3)C2)c1. The van der Waals surface area contributed by atoms with Crippen LogP contribution in [0.4, 0.5) is 0 Å². The molecule has 0 bridgehead atoms. The first-order valence-electron chi connectivity index (χ1n) is 9.28. The summed E-state index contributed by atoms with van der Waals surface area (Å²) in [5.41, 5.74) is 0.574. The summed E-state index contributed by atoms with van der Waals surface area (Å²) in [7, 11) is 1.56. The molecule has 1 fully saturated rings. The Labute approximate surface area is 166 Å². The Balaban J connectivity index is 1.58. The Bertz CT molecular complexity index is 1170. The predicted molar refractivity (Wildman–Crippen MR) is 107 cm³/mol. The lowest BCUT2D eigenvalue weighted by atomic mass is 10.1. The molecule has 2 N–H and O–H groups in total. The van der Waals surface area contributed by atoms with Crippen molar-refractivity contribution >= 4 is 5.91 Å². The fraction of sp³-hybridized carbons (Fsp3) is 0.238. The Morgan fingerprint density at radius 1 is 1.21 bits per heavy atom. The zero-order valence-corrected chi connectivity index (χ0v) is 15.8. The summed E-state index contributed by atoms with van der Waals surface area (Å²) >= 11 is 0. The molecule has 1 saturated heterocycles. The second-order valence-electron chi connectivity index (χ2n) is 6.90. The third kappa shape index (κ3) is 3.82. The van der Waals surface area contributed by atoms with Crippen molar-refractivity contribution < 1.29 is 9.53 Å². The molecule has 1 atom stereocenters. The number of hydrogen-bond donors (Lipinski definition) is 2. The molecule has 8 nitrogen and oxygen atoms in total. The van der Waals surface area contributed by atoms with Gasteiger partial charge in [-0.05, 0) is 36.8 Å². The molecule has 1 amide bonds. The second-order valence-corrected chi connectivity index (χ2v) is 6.90. The number of amides is 1. The summed E-state index contributed by atoms with van der Waals surface area (Å²) < 4.78 is 5.19. The quantitative estimate of drug-likeness (QED) is 0.703. The molecule has 8 heteroatoms. The second kappa shape index (κ2) is 7.75. The maximum Gasteiger partial charge on any atom is 0.257 e. The average Bonchev–Trinajstić information content (AvgIpc) is 3.23. The van der Waals surface area contributed by atoms with Crippen molar-refractivity contribution in [2.45, 2.75) is 12.3 Å². The largest absolute Gasteiger partial charge is 0.497 e. The van der Waals surface area contributed by atoms with E-state index in [2.05, 4.69) is 15.0 Å². The molecule has 0 saturated carbocycles. The topological polar surface area (TPSA) is 108 Å². The molecule has 29 heavy (non-hydrogen) atoms. The number of nitrogens with zero attached hydrogens (tertiary/aromatic N) is 2. The minimum Gasteiger partial charge on any atom is -0.497 e. The highest BCUT2D eigenvalue weighted by atomic mass is 16.5. The minimum atomic E-state index is -0.328. The Morgan fingerprint density at radius 2 is 2.07 bits per heavy atom. The third-order valence-corrected chi connectivity index (χ3v) is 5.03. The zero-order valence-electron chi connectivity index (χ0n) is 15.8. The van der Waals surface area contributed by atoms with Gasteiger partial charge < -0.3 is 19.6 Å². The van der Waals surface area contributed by atoms with E-state index < -0.39 is 0 Å². The summed E-state index contributed by atoms with van der Waals surface area (Å²) in [4.78, 5) is 48.6. The van der Waals surface area contributed by atoms with Gasteiger partial charge in [-0.25, -0.2) is 4.98 Å². The summed E-state index contributed by atoms with van der Waals surface area (Å²) in [6.07, 6.45) is 2.20. The maximum atomic E-state index is 12.8. The first-order valence-corrected chi connectivity index (χ1v) is 9.28. The number of nitrogens with one attached hydrogen (secondary N) is 2. The van der Waals surface area contributed by atoms with Crippen LogP contribution in [0.15, 0.2) is 58.3 Å². The van der Waals surface area contributed by atoms with Gasteiger partial charge in [0.1, 0.15) is 11.6 Å². The third-order valence-electron chi connectivity index (χ3n) is 5.03. The van der Waals surface area contributed by atoms with Crippen LogP contribution in [0.5, 0.6) is 5.75 Å². The van der Waals surface area contributed by atoms with E-state index in [1.165, 1.54) is 12.3 Å². The van der Waals surface area contributed by atoms with Crippen LogP contribution in [-0.2, 0) is 0 Å². The molecule has 3 heterocycles. The van der Waals surface area contributed by atoms with Gasteiger partial charge in [0.05, 0.1) is 18.4 Å². The van der Waals surface area contributed by atoms with Crippen molar-refractivity contribution in [1.82, 2.24) is 19.9 Å². The first-order chi connectivity index (χ1) is 14.0. The van der Waals surface area contributed by atoms with Crippen LogP contribution in [0.25, 0.3) is 11.3 Å². The lowest BCUT2D eigenvalue weighted by Crippen LogP contribution is -2.29. The molecule has 148 valence electrons. The maximum absolute atomic E-state index is 12.8. The van der Waals surface area contributed by atoms with E-state index in [4.69, 9.17) is 4.74 Å². The van der Waals surface area contributed by atoms with Crippen molar-refractivity contribution in [1.29, 1.82) is 0 Å². The molecular formula is C21H20N4O4. The van der Waals surface area contributed by atoms with Crippen LogP contribution in [0.2, 0.25) is 0 Å². The van der Waals surface area contributed by atoms with Crippen molar-refractivity contribution in [2.24, 2.45) is 0 Å². The molecule has 3 aromatic rings. The van der Waals surface area contributed by atoms with Gasteiger partial charge in [-0.3, -0.25) is 14.4 Å². The van der Waals surface area contributed by atoms with E-state index >= 15 is 0 Å². The zero-order chi connectivity index (χ0) is 20.4. The molecule has 0 spiro atoms. The summed E-state index contributed by atoms with van der Waals surface area (Å²) in [5.74, 6) is 0.902. The lowest BCUT2D eigenvalue weighted by Gasteiger charge is -2.17. The Morgan fingerprint density at radius 3 is 2.86 bits per heavy atom. The Hall–Kier alpha value is -3.68. The monoisotopic (exact) mass is 392 g/mol.